The van der Waals surface area contributed by atoms with Crippen LogP contribution in [0, 0.1) is 5.92 Å². The Bertz CT molecular complexity index is 1150. The third-order valence-electron chi connectivity index (χ3n) is 5.93. The third kappa shape index (κ3) is 4.55. The zero-order valence-electron chi connectivity index (χ0n) is 18.2. The summed E-state index contributed by atoms with van der Waals surface area (Å²) in [6, 6.07) is 13.5. The quantitative estimate of drug-likeness (QED) is 0.569. The highest BCUT2D eigenvalue weighted by atomic mass is 32.2. The molecule has 2 atom stereocenters. The Morgan fingerprint density at radius 3 is 2.50 bits per heavy atom. The van der Waals surface area contributed by atoms with Gasteiger partial charge in [0.25, 0.3) is 5.91 Å². The van der Waals surface area contributed by atoms with Gasteiger partial charge in [0.05, 0.1) is 35.2 Å². The molecule has 3 aromatic rings. The van der Waals surface area contributed by atoms with Crippen LogP contribution in [0.1, 0.15) is 42.5 Å². The molecule has 2 N–H and O–H groups in total. The van der Waals surface area contributed by atoms with E-state index in [1.165, 1.54) is 16.4 Å². The Labute approximate surface area is 188 Å². The number of nitrogens with zero attached hydrogens (tertiary/aromatic N) is 2. The number of aromatic amines is 1. The fourth-order valence-electron chi connectivity index (χ4n) is 3.77. The van der Waals surface area contributed by atoms with Gasteiger partial charge in [-0.3, -0.25) is 4.79 Å². The Morgan fingerprint density at radius 2 is 1.84 bits per heavy atom. The average Bonchev–Trinajstić information content (AvgIpc) is 3.26. The molecule has 32 heavy (non-hydrogen) atoms. The van der Waals surface area contributed by atoms with E-state index in [2.05, 4.69) is 29.1 Å². The molecule has 2 heterocycles. The number of para-hydroxylation sites is 2. The van der Waals surface area contributed by atoms with Crippen LogP contribution in [0.5, 0.6) is 0 Å². The summed E-state index contributed by atoms with van der Waals surface area (Å²) in [4.78, 5) is 21.1. The first-order valence-electron chi connectivity index (χ1n) is 10.8. The number of rotatable bonds is 7. The number of hydrogen-bond donors (Lipinski definition) is 2. The molecule has 0 aliphatic carbocycles. The SMILES string of the molecule is CCC(C)C(NC(=O)c1ccc(S(=O)(=O)N2CCOCC2)cc1)c1nc2ccccc2[nH]1. The Morgan fingerprint density at radius 1 is 1.16 bits per heavy atom. The van der Waals surface area contributed by atoms with Gasteiger partial charge < -0.3 is 15.0 Å². The van der Waals surface area contributed by atoms with Gasteiger partial charge in [-0.1, -0.05) is 32.4 Å². The first kappa shape index (κ1) is 22.4. The highest BCUT2D eigenvalue weighted by Crippen LogP contribution is 2.25. The van der Waals surface area contributed by atoms with Gasteiger partial charge in [0.1, 0.15) is 5.82 Å². The van der Waals surface area contributed by atoms with Crippen molar-refractivity contribution in [2.75, 3.05) is 26.3 Å². The summed E-state index contributed by atoms with van der Waals surface area (Å²) in [6.07, 6.45) is 0.860. The first-order valence-corrected chi connectivity index (χ1v) is 12.3. The van der Waals surface area contributed by atoms with Crippen molar-refractivity contribution in [3.8, 4) is 0 Å². The van der Waals surface area contributed by atoms with Crippen molar-refractivity contribution in [2.45, 2.75) is 31.2 Å². The molecule has 1 aromatic heterocycles. The average molecular weight is 457 g/mol. The molecular formula is C23H28N4O4S. The second-order valence-corrected chi connectivity index (χ2v) is 9.95. The van der Waals surface area contributed by atoms with Crippen molar-refractivity contribution in [1.29, 1.82) is 0 Å². The number of aromatic nitrogens is 2. The summed E-state index contributed by atoms with van der Waals surface area (Å²) in [6.45, 7) is 5.57. The predicted octanol–water partition coefficient (Wildman–Crippen LogP) is 3.10. The Balaban J connectivity index is 1.53. The van der Waals surface area contributed by atoms with Crippen LogP contribution in [0.3, 0.4) is 0 Å². The summed E-state index contributed by atoms with van der Waals surface area (Å²) < 4.78 is 32.2. The lowest BCUT2D eigenvalue weighted by atomic mass is 9.98. The summed E-state index contributed by atoms with van der Waals surface area (Å²) in [5.74, 6) is 0.590. The predicted molar refractivity (Wildman–Crippen MR) is 122 cm³/mol. The van der Waals surface area contributed by atoms with E-state index >= 15 is 0 Å². The molecule has 2 unspecified atom stereocenters. The van der Waals surface area contributed by atoms with Crippen LogP contribution in [-0.4, -0.2) is 54.9 Å². The molecular weight excluding hydrogens is 428 g/mol. The number of carbonyl (C=O) groups excluding carboxylic acids is 1. The number of imidazole rings is 1. The van der Waals surface area contributed by atoms with Crippen LogP contribution < -0.4 is 5.32 Å². The maximum Gasteiger partial charge on any atom is 0.251 e. The van der Waals surface area contributed by atoms with Crippen LogP contribution in [0.2, 0.25) is 0 Å². The maximum atomic E-state index is 13.0. The number of sulfonamides is 1. The largest absolute Gasteiger partial charge is 0.379 e. The van der Waals surface area contributed by atoms with E-state index < -0.39 is 10.0 Å². The number of hydrogen-bond acceptors (Lipinski definition) is 5. The van der Waals surface area contributed by atoms with Crippen LogP contribution in [-0.2, 0) is 14.8 Å². The van der Waals surface area contributed by atoms with Crippen molar-refractivity contribution in [3.63, 3.8) is 0 Å². The van der Waals surface area contributed by atoms with Gasteiger partial charge in [0.15, 0.2) is 0 Å². The molecule has 1 saturated heterocycles. The van der Waals surface area contributed by atoms with Gasteiger partial charge in [0, 0.05) is 18.7 Å². The number of fused-ring (bicyclic) bond motifs is 1. The van der Waals surface area contributed by atoms with Crippen LogP contribution in [0.25, 0.3) is 11.0 Å². The minimum Gasteiger partial charge on any atom is -0.379 e. The molecule has 0 saturated carbocycles. The minimum atomic E-state index is -3.60. The van der Waals surface area contributed by atoms with Crippen molar-refractivity contribution in [1.82, 2.24) is 19.6 Å². The van der Waals surface area contributed by atoms with E-state index in [1.807, 2.05) is 24.3 Å². The highest BCUT2D eigenvalue weighted by molar-refractivity contribution is 7.89. The minimum absolute atomic E-state index is 0.153. The Hall–Kier alpha value is -2.75. The number of benzene rings is 2. The van der Waals surface area contributed by atoms with Gasteiger partial charge in [-0.15, -0.1) is 0 Å². The third-order valence-corrected chi connectivity index (χ3v) is 7.84. The zero-order chi connectivity index (χ0) is 22.7. The number of amides is 1. The molecule has 1 aliphatic heterocycles. The van der Waals surface area contributed by atoms with E-state index in [9.17, 15) is 13.2 Å². The number of H-pyrrole nitrogens is 1. The molecule has 2 aromatic carbocycles. The normalized spacial score (nSPS) is 17.2. The fraction of sp³-hybridized carbons (Fsp3) is 0.391. The lowest BCUT2D eigenvalue weighted by Crippen LogP contribution is -2.40. The van der Waals surface area contributed by atoms with E-state index in [0.717, 1.165) is 17.5 Å². The van der Waals surface area contributed by atoms with Gasteiger partial charge in [0.2, 0.25) is 10.0 Å². The van der Waals surface area contributed by atoms with Crippen molar-refractivity contribution in [3.05, 3.63) is 59.9 Å². The Kier molecular flexibility index (Phi) is 6.59. The molecule has 8 nitrogen and oxygen atoms in total. The van der Waals surface area contributed by atoms with E-state index in [1.54, 1.807) is 12.1 Å². The summed E-state index contributed by atoms with van der Waals surface area (Å²) in [5.41, 5.74) is 2.17. The van der Waals surface area contributed by atoms with Gasteiger partial charge in [-0.25, -0.2) is 13.4 Å². The molecule has 0 spiro atoms. The molecule has 0 bridgehead atoms. The lowest BCUT2D eigenvalue weighted by molar-refractivity contribution is 0.0730. The van der Waals surface area contributed by atoms with Crippen LogP contribution in [0.15, 0.2) is 53.4 Å². The topological polar surface area (TPSA) is 104 Å². The number of ether oxygens (including phenoxy) is 1. The monoisotopic (exact) mass is 456 g/mol. The van der Waals surface area contributed by atoms with Crippen molar-refractivity contribution >= 4 is 27.0 Å². The van der Waals surface area contributed by atoms with Crippen LogP contribution in [0.4, 0.5) is 0 Å². The fourth-order valence-corrected chi connectivity index (χ4v) is 5.18. The zero-order valence-corrected chi connectivity index (χ0v) is 19.1. The van der Waals surface area contributed by atoms with E-state index in [-0.39, 0.29) is 22.8 Å². The molecule has 4 rings (SSSR count). The number of carbonyl (C=O) groups is 1. The molecule has 1 aliphatic rings. The number of nitrogens with one attached hydrogen (secondary N) is 2. The molecule has 9 heteroatoms. The summed E-state index contributed by atoms with van der Waals surface area (Å²) in [7, 11) is -3.60. The maximum absolute atomic E-state index is 13.0. The highest BCUT2D eigenvalue weighted by Gasteiger charge is 2.27. The first-order chi connectivity index (χ1) is 15.4. The molecule has 170 valence electrons. The van der Waals surface area contributed by atoms with Gasteiger partial charge >= 0.3 is 0 Å². The van der Waals surface area contributed by atoms with E-state index in [4.69, 9.17) is 4.74 Å². The molecule has 1 amide bonds. The summed E-state index contributed by atoms with van der Waals surface area (Å²) >= 11 is 0. The second kappa shape index (κ2) is 9.40. The second-order valence-electron chi connectivity index (χ2n) is 8.02. The summed E-state index contributed by atoms with van der Waals surface area (Å²) in [5, 5.41) is 3.07. The smallest absolute Gasteiger partial charge is 0.251 e. The van der Waals surface area contributed by atoms with E-state index in [0.29, 0.717) is 37.7 Å². The van der Waals surface area contributed by atoms with Gasteiger partial charge in [-0.2, -0.15) is 4.31 Å². The standard InChI is InChI=1S/C23H28N4O4S/c1-3-16(2)21(22-24-19-6-4-5-7-20(19)25-22)26-23(28)17-8-10-18(11-9-17)32(29,30)27-12-14-31-15-13-27/h4-11,16,21H,3,12-15H2,1-2H3,(H,24,25)(H,26,28). The van der Waals surface area contributed by atoms with Gasteiger partial charge in [-0.05, 0) is 42.3 Å². The van der Waals surface area contributed by atoms with Crippen molar-refractivity contribution < 1.29 is 17.9 Å². The lowest BCUT2D eigenvalue weighted by Gasteiger charge is -2.26. The number of morpholine rings is 1. The van der Waals surface area contributed by atoms with Crippen molar-refractivity contribution in [2.24, 2.45) is 5.92 Å². The molecule has 1 fully saturated rings. The van der Waals surface area contributed by atoms with Crippen LogP contribution >= 0.6 is 0 Å². The molecule has 0 radical (unpaired) electrons.